The number of hydrogen-bond donors (Lipinski definition) is 2. The van der Waals surface area contributed by atoms with Gasteiger partial charge >= 0.3 is 0 Å². The number of rotatable bonds is 7. The zero-order chi connectivity index (χ0) is 22.9. The molecule has 32 heavy (non-hydrogen) atoms. The molecule has 2 aromatic carbocycles. The number of nitrogens with zero attached hydrogens (tertiary/aromatic N) is 3. The summed E-state index contributed by atoms with van der Waals surface area (Å²) in [5.41, 5.74) is 9.51. The lowest BCUT2D eigenvalue weighted by atomic mass is 10.0. The van der Waals surface area contributed by atoms with Crippen LogP contribution < -0.4 is 15.8 Å². The molecule has 0 saturated carbocycles. The summed E-state index contributed by atoms with van der Waals surface area (Å²) in [5.74, 6) is 1.60. The van der Waals surface area contributed by atoms with Gasteiger partial charge in [-0.1, -0.05) is 26.0 Å². The Morgan fingerprint density at radius 2 is 1.88 bits per heavy atom. The Labute approximate surface area is 188 Å². The molecule has 0 aliphatic rings. The lowest BCUT2D eigenvalue weighted by molar-refractivity contribution is 0.310. The Morgan fingerprint density at radius 3 is 2.53 bits per heavy atom. The molecule has 4 rings (SSSR count). The highest BCUT2D eigenvalue weighted by Gasteiger charge is 2.07. The summed E-state index contributed by atoms with van der Waals surface area (Å²) in [4.78, 5) is 4.34. The lowest BCUT2D eigenvalue weighted by Crippen LogP contribution is -2.11. The van der Waals surface area contributed by atoms with Gasteiger partial charge in [-0.25, -0.2) is 13.9 Å². The summed E-state index contributed by atoms with van der Waals surface area (Å²) in [5, 5.41) is 7.39. The third kappa shape index (κ3) is 6.28. The highest BCUT2D eigenvalue weighted by atomic mass is 19.1. The van der Waals surface area contributed by atoms with Crippen molar-refractivity contribution in [2.45, 2.75) is 26.2 Å². The van der Waals surface area contributed by atoms with Crippen LogP contribution in [0.15, 0.2) is 66.9 Å². The van der Waals surface area contributed by atoms with Crippen molar-refractivity contribution in [1.82, 2.24) is 19.9 Å². The van der Waals surface area contributed by atoms with Gasteiger partial charge in [0.25, 0.3) is 0 Å². The number of hydrogen-bond acceptors (Lipinski definition) is 5. The first kappa shape index (κ1) is 23.2. The van der Waals surface area contributed by atoms with Gasteiger partial charge < -0.3 is 15.8 Å². The molecule has 2 aromatic heterocycles. The van der Waals surface area contributed by atoms with Gasteiger partial charge in [0.1, 0.15) is 17.4 Å². The van der Waals surface area contributed by atoms with Gasteiger partial charge in [0.05, 0.1) is 18.5 Å². The highest BCUT2D eigenvalue weighted by Crippen LogP contribution is 2.23. The average Bonchev–Trinajstić information content (AvgIpc) is 3.20. The van der Waals surface area contributed by atoms with E-state index in [0.29, 0.717) is 18.3 Å². The summed E-state index contributed by atoms with van der Waals surface area (Å²) in [7, 11) is 1.94. The Kier molecular flexibility index (Phi) is 8.16. The van der Waals surface area contributed by atoms with E-state index in [-0.39, 0.29) is 5.82 Å². The molecule has 7 heteroatoms. The number of imidazole rings is 1. The second-order valence-corrected chi connectivity index (χ2v) is 7.71. The first-order valence-electron chi connectivity index (χ1n) is 10.7. The van der Waals surface area contributed by atoms with E-state index in [0.717, 1.165) is 41.2 Å². The molecule has 2 heterocycles. The molecule has 0 saturated heterocycles. The van der Waals surface area contributed by atoms with E-state index in [1.54, 1.807) is 28.9 Å². The van der Waals surface area contributed by atoms with Crippen molar-refractivity contribution >= 4 is 11.5 Å². The van der Waals surface area contributed by atoms with Crippen molar-refractivity contribution in [2.24, 2.45) is 0 Å². The summed E-state index contributed by atoms with van der Waals surface area (Å²) >= 11 is 0. The van der Waals surface area contributed by atoms with Crippen LogP contribution in [-0.2, 0) is 0 Å². The van der Waals surface area contributed by atoms with Gasteiger partial charge in [0.2, 0.25) is 0 Å². The van der Waals surface area contributed by atoms with Crippen LogP contribution in [0.25, 0.3) is 16.9 Å². The summed E-state index contributed by atoms with van der Waals surface area (Å²) in [6.45, 7) is 5.75. The molecule has 0 radical (unpaired) electrons. The number of anilines is 1. The zero-order valence-electron chi connectivity index (χ0n) is 18.8. The topological polar surface area (TPSA) is 77.5 Å². The maximum atomic E-state index is 12.5. The number of nitrogens with two attached hydrogens (primary N) is 1. The number of fused-ring (bicyclic) bond motifs is 1. The van der Waals surface area contributed by atoms with E-state index >= 15 is 0 Å². The van der Waals surface area contributed by atoms with Gasteiger partial charge in [0.15, 0.2) is 5.65 Å². The Hall–Kier alpha value is -3.45. The van der Waals surface area contributed by atoms with E-state index in [1.165, 1.54) is 6.07 Å². The number of ether oxygens (including phenoxy) is 1. The average molecular weight is 436 g/mol. The third-order valence-electron chi connectivity index (χ3n) is 4.89. The fraction of sp³-hybridized carbons (Fsp3) is 0.280. The minimum absolute atomic E-state index is 0.147. The van der Waals surface area contributed by atoms with Crippen molar-refractivity contribution in [1.29, 1.82) is 0 Å². The predicted molar refractivity (Wildman–Crippen MR) is 127 cm³/mol. The van der Waals surface area contributed by atoms with Crippen LogP contribution >= 0.6 is 0 Å². The number of aromatic nitrogens is 3. The maximum Gasteiger partial charge on any atom is 0.154 e. The molecular formula is C25H30FN5O. The minimum atomic E-state index is -0.147. The second-order valence-electron chi connectivity index (χ2n) is 7.71. The van der Waals surface area contributed by atoms with Crippen LogP contribution in [0.3, 0.4) is 0 Å². The largest absolute Gasteiger partial charge is 0.494 e. The van der Waals surface area contributed by atoms with E-state index in [4.69, 9.17) is 10.5 Å². The van der Waals surface area contributed by atoms with Gasteiger partial charge in [-0.05, 0) is 80.0 Å². The molecule has 4 aromatic rings. The molecule has 6 nitrogen and oxygen atoms in total. The first-order valence-corrected chi connectivity index (χ1v) is 10.7. The molecule has 0 aliphatic heterocycles. The fourth-order valence-electron chi connectivity index (χ4n) is 3.11. The van der Waals surface area contributed by atoms with Crippen LogP contribution in [-0.4, -0.2) is 34.8 Å². The van der Waals surface area contributed by atoms with Crippen LogP contribution in [0.2, 0.25) is 0 Å². The van der Waals surface area contributed by atoms with Gasteiger partial charge in [-0.15, -0.1) is 5.10 Å². The number of nitrogens with one attached hydrogen (secondary N) is 1. The zero-order valence-corrected chi connectivity index (χ0v) is 18.8. The molecule has 0 unspecified atom stereocenters. The maximum absolute atomic E-state index is 12.5. The normalized spacial score (nSPS) is 10.8. The SMILES string of the molecule is CC(C)c1cccc(F)c1.CNCCCOc1ccc(-c2cnc3ccc(N)nn23)cc1. The first-order chi connectivity index (χ1) is 15.5. The number of halogens is 1. The summed E-state index contributed by atoms with van der Waals surface area (Å²) in [6.07, 6.45) is 2.78. The van der Waals surface area contributed by atoms with Crippen LogP contribution in [0.4, 0.5) is 10.2 Å². The van der Waals surface area contributed by atoms with E-state index in [9.17, 15) is 4.39 Å². The highest BCUT2D eigenvalue weighted by molar-refractivity contribution is 5.64. The monoisotopic (exact) mass is 435 g/mol. The predicted octanol–water partition coefficient (Wildman–Crippen LogP) is 4.92. The van der Waals surface area contributed by atoms with Gasteiger partial charge in [-0.2, -0.15) is 0 Å². The molecule has 168 valence electrons. The quantitative estimate of drug-likeness (QED) is 0.403. The third-order valence-corrected chi connectivity index (χ3v) is 4.89. The Bertz CT molecular complexity index is 1120. The molecule has 0 atom stereocenters. The van der Waals surface area contributed by atoms with Crippen LogP contribution in [0.1, 0.15) is 31.7 Å². The van der Waals surface area contributed by atoms with E-state index < -0.39 is 0 Å². The molecule has 0 spiro atoms. The van der Waals surface area contributed by atoms with Crippen molar-refractivity contribution in [3.8, 4) is 17.0 Å². The molecular weight excluding hydrogens is 405 g/mol. The van der Waals surface area contributed by atoms with Crippen molar-refractivity contribution in [3.63, 3.8) is 0 Å². The molecule has 0 fully saturated rings. The molecule has 0 bridgehead atoms. The number of benzene rings is 2. The van der Waals surface area contributed by atoms with E-state index in [2.05, 4.69) is 29.2 Å². The lowest BCUT2D eigenvalue weighted by Gasteiger charge is -2.07. The molecule has 0 aliphatic carbocycles. The number of nitrogen functional groups attached to an aromatic ring is 1. The fourth-order valence-corrected chi connectivity index (χ4v) is 3.11. The van der Waals surface area contributed by atoms with Crippen molar-refractivity contribution < 1.29 is 9.13 Å². The molecule has 0 amide bonds. The van der Waals surface area contributed by atoms with Gasteiger partial charge in [-0.3, -0.25) is 0 Å². The Balaban J connectivity index is 0.000000243. The molecule has 3 N–H and O–H groups in total. The van der Waals surface area contributed by atoms with Crippen molar-refractivity contribution in [2.75, 3.05) is 25.9 Å². The summed E-state index contributed by atoms with van der Waals surface area (Å²) < 4.78 is 20.0. The summed E-state index contributed by atoms with van der Waals surface area (Å²) in [6, 6.07) is 18.2. The van der Waals surface area contributed by atoms with Crippen LogP contribution in [0.5, 0.6) is 5.75 Å². The van der Waals surface area contributed by atoms with Crippen LogP contribution in [0, 0.1) is 5.82 Å². The Morgan fingerprint density at radius 1 is 1.09 bits per heavy atom. The van der Waals surface area contributed by atoms with E-state index in [1.807, 2.05) is 43.4 Å². The van der Waals surface area contributed by atoms with Gasteiger partial charge in [0, 0.05) is 5.56 Å². The van der Waals surface area contributed by atoms with Crippen molar-refractivity contribution in [3.05, 3.63) is 78.2 Å². The minimum Gasteiger partial charge on any atom is -0.494 e. The smallest absolute Gasteiger partial charge is 0.154 e. The standard InChI is InChI=1S/C16H19N5O.C9H11F/c1-18-9-2-10-22-13-5-3-12(4-6-13)14-11-19-16-8-7-15(17)20-21(14)16;1-7(2)8-4-3-5-9(10)6-8/h3-8,11,18H,2,9-10H2,1H3,(H2,17,20);3-7H,1-2H3. The second kappa shape index (κ2) is 11.2.